The Labute approximate surface area is 158 Å². The van der Waals surface area contributed by atoms with Crippen molar-refractivity contribution in [1.29, 1.82) is 0 Å². The molecule has 1 aliphatic heterocycles. The predicted molar refractivity (Wildman–Crippen MR) is 94.6 cm³/mol. The monoisotopic (exact) mass is 391 g/mol. The lowest BCUT2D eigenvalue weighted by molar-refractivity contribution is -0.137. The molecule has 0 spiro atoms. The SMILES string of the molecule is CN(Cc1cccc(C(F)(F)F)c1)C(=O)c1ccc(N2CC(=O)NC2=O)cc1. The van der Waals surface area contributed by atoms with Gasteiger partial charge in [-0.05, 0) is 42.0 Å². The second-order valence-corrected chi connectivity index (χ2v) is 6.35. The molecule has 0 bridgehead atoms. The minimum Gasteiger partial charge on any atom is -0.337 e. The van der Waals surface area contributed by atoms with Crippen LogP contribution in [0.15, 0.2) is 48.5 Å². The zero-order valence-corrected chi connectivity index (χ0v) is 14.8. The van der Waals surface area contributed by atoms with Gasteiger partial charge in [-0.2, -0.15) is 13.2 Å². The van der Waals surface area contributed by atoms with Crippen molar-refractivity contribution in [3.63, 3.8) is 0 Å². The molecule has 6 nitrogen and oxygen atoms in total. The molecule has 9 heteroatoms. The number of benzene rings is 2. The summed E-state index contributed by atoms with van der Waals surface area (Å²) in [5.74, 6) is -0.795. The maximum atomic E-state index is 12.8. The molecule has 2 aromatic rings. The molecule has 0 saturated carbocycles. The number of nitrogens with one attached hydrogen (secondary N) is 1. The standard InChI is InChI=1S/C19H16F3N3O3/c1-24(10-12-3-2-4-14(9-12)19(20,21)22)17(27)13-5-7-15(8-6-13)25-11-16(26)23-18(25)28/h2-9H,10-11H2,1H3,(H,23,26,28). The molecule has 0 atom stereocenters. The third kappa shape index (κ3) is 4.13. The van der Waals surface area contributed by atoms with E-state index in [-0.39, 0.29) is 19.0 Å². The van der Waals surface area contributed by atoms with Gasteiger partial charge in [0.25, 0.3) is 5.91 Å². The fraction of sp³-hybridized carbons (Fsp3) is 0.211. The third-order valence-corrected chi connectivity index (χ3v) is 4.24. The molecule has 28 heavy (non-hydrogen) atoms. The van der Waals surface area contributed by atoms with Crippen molar-refractivity contribution in [2.75, 3.05) is 18.5 Å². The van der Waals surface area contributed by atoms with Gasteiger partial charge in [0.2, 0.25) is 5.91 Å². The lowest BCUT2D eigenvalue weighted by Crippen LogP contribution is -2.28. The van der Waals surface area contributed by atoms with E-state index in [2.05, 4.69) is 5.32 Å². The van der Waals surface area contributed by atoms with E-state index in [1.807, 2.05) is 0 Å². The fourth-order valence-electron chi connectivity index (χ4n) is 2.85. The minimum absolute atomic E-state index is 0.00748. The molecule has 0 aliphatic carbocycles. The van der Waals surface area contributed by atoms with Gasteiger partial charge in [-0.1, -0.05) is 12.1 Å². The number of nitrogens with zero attached hydrogens (tertiary/aromatic N) is 2. The molecule has 1 fully saturated rings. The van der Waals surface area contributed by atoms with Crippen LogP contribution in [0.3, 0.4) is 0 Å². The van der Waals surface area contributed by atoms with Crippen molar-refractivity contribution < 1.29 is 27.6 Å². The van der Waals surface area contributed by atoms with Gasteiger partial charge in [-0.25, -0.2) is 4.79 Å². The Morgan fingerprint density at radius 2 is 1.82 bits per heavy atom. The number of amides is 4. The summed E-state index contributed by atoms with van der Waals surface area (Å²) >= 11 is 0. The van der Waals surface area contributed by atoms with E-state index in [4.69, 9.17) is 0 Å². The third-order valence-electron chi connectivity index (χ3n) is 4.24. The van der Waals surface area contributed by atoms with E-state index in [1.54, 1.807) is 0 Å². The van der Waals surface area contributed by atoms with E-state index in [0.717, 1.165) is 12.1 Å². The quantitative estimate of drug-likeness (QED) is 0.815. The van der Waals surface area contributed by atoms with E-state index in [0.29, 0.717) is 16.8 Å². The Kier molecular flexibility index (Phi) is 5.08. The summed E-state index contributed by atoms with van der Waals surface area (Å²) < 4.78 is 38.4. The summed E-state index contributed by atoms with van der Waals surface area (Å²) in [5.41, 5.74) is 0.354. The number of carbonyl (C=O) groups excluding carboxylic acids is 3. The molecule has 0 aromatic heterocycles. The van der Waals surface area contributed by atoms with Crippen LogP contribution in [0.2, 0.25) is 0 Å². The van der Waals surface area contributed by atoms with Crippen LogP contribution in [0.1, 0.15) is 21.5 Å². The Morgan fingerprint density at radius 3 is 2.39 bits per heavy atom. The summed E-state index contributed by atoms with van der Waals surface area (Å²) in [6, 6.07) is 10.3. The van der Waals surface area contributed by atoms with Crippen LogP contribution in [0, 0.1) is 0 Å². The Balaban J connectivity index is 1.70. The van der Waals surface area contributed by atoms with E-state index < -0.39 is 23.7 Å². The number of halogens is 3. The molecule has 4 amide bonds. The lowest BCUT2D eigenvalue weighted by Gasteiger charge is -2.19. The molecule has 1 N–H and O–H groups in total. The van der Waals surface area contributed by atoms with Gasteiger partial charge < -0.3 is 4.90 Å². The number of carbonyl (C=O) groups is 3. The molecule has 3 rings (SSSR count). The van der Waals surface area contributed by atoms with Crippen LogP contribution in [0.4, 0.5) is 23.7 Å². The molecule has 0 unspecified atom stereocenters. The van der Waals surface area contributed by atoms with Crippen molar-refractivity contribution in [3.8, 4) is 0 Å². The highest BCUT2D eigenvalue weighted by molar-refractivity contribution is 6.12. The molecule has 1 aliphatic rings. The zero-order valence-electron chi connectivity index (χ0n) is 14.8. The van der Waals surface area contributed by atoms with Crippen LogP contribution < -0.4 is 10.2 Å². The number of rotatable bonds is 4. The summed E-state index contributed by atoms with van der Waals surface area (Å²) in [6.07, 6.45) is -4.45. The normalized spacial score (nSPS) is 14.2. The molecule has 146 valence electrons. The zero-order chi connectivity index (χ0) is 20.5. The highest BCUT2D eigenvalue weighted by atomic mass is 19.4. The van der Waals surface area contributed by atoms with E-state index >= 15 is 0 Å². The van der Waals surface area contributed by atoms with Gasteiger partial charge in [0.1, 0.15) is 6.54 Å². The molecule has 0 radical (unpaired) electrons. The number of anilines is 1. The van der Waals surface area contributed by atoms with Gasteiger partial charge in [0.15, 0.2) is 0 Å². The summed E-state index contributed by atoms with van der Waals surface area (Å²) in [6.45, 7) is -0.0882. The first-order valence-electron chi connectivity index (χ1n) is 8.28. The highest BCUT2D eigenvalue weighted by Crippen LogP contribution is 2.29. The van der Waals surface area contributed by atoms with E-state index in [1.165, 1.54) is 53.2 Å². The predicted octanol–water partition coefficient (Wildman–Crippen LogP) is 3.03. The van der Waals surface area contributed by atoms with Crippen molar-refractivity contribution in [1.82, 2.24) is 10.2 Å². The summed E-state index contributed by atoms with van der Waals surface area (Å²) in [5, 5.41) is 2.16. The average molecular weight is 391 g/mol. The Hall–Kier alpha value is -3.36. The molecule has 1 heterocycles. The Morgan fingerprint density at radius 1 is 1.14 bits per heavy atom. The molecular formula is C19H16F3N3O3. The number of urea groups is 1. The van der Waals surface area contributed by atoms with Gasteiger partial charge in [0.05, 0.1) is 5.56 Å². The largest absolute Gasteiger partial charge is 0.416 e. The van der Waals surface area contributed by atoms with Crippen LogP contribution in [0.5, 0.6) is 0 Å². The second-order valence-electron chi connectivity index (χ2n) is 6.35. The Bertz CT molecular complexity index is 926. The van der Waals surface area contributed by atoms with Crippen LogP contribution in [-0.4, -0.2) is 36.3 Å². The smallest absolute Gasteiger partial charge is 0.337 e. The summed E-state index contributed by atoms with van der Waals surface area (Å²) in [7, 11) is 1.49. The van der Waals surface area contributed by atoms with Crippen LogP contribution in [0.25, 0.3) is 0 Å². The maximum Gasteiger partial charge on any atom is 0.416 e. The van der Waals surface area contributed by atoms with Crippen LogP contribution in [-0.2, 0) is 17.5 Å². The van der Waals surface area contributed by atoms with Crippen molar-refractivity contribution >= 4 is 23.5 Å². The number of alkyl halides is 3. The van der Waals surface area contributed by atoms with Crippen LogP contribution >= 0.6 is 0 Å². The topological polar surface area (TPSA) is 69.7 Å². The molecular weight excluding hydrogens is 375 g/mol. The minimum atomic E-state index is -4.45. The van der Waals surface area contributed by atoms with Crippen molar-refractivity contribution in [2.45, 2.75) is 12.7 Å². The summed E-state index contributed by atoms with van der Waals surface area (Å²) in [4.78, 5) is 38.0. The highest BCUT2D eigenvalue weighted by Gasteiger charge is 2.30. The van der Waals surface area contributed by atoms with Gasteiger partial charge >= 0.3 is 12.2 Å². The maximum absolute atomic E-state index is 12.8. The van der Waals surface area contributed by atoms with Gasteiger partial charge in [-0.15, -0.1) is 0 Å². The number of hydrogen-bond donors (Lipinski definition) is 1. The number of imide groups is 1. The van der Waals surface area contributed by atoms with Gasteiger partial charge in [0, 0.05) is 24.8 Å². The first-order chi connectivity index (χ1) is 13.1. The van der Waals surface area contributed by atoms with Crippen molar-refractivity contribution in [3.05, 3.63) is 65.2 Å². The molecule has 1 saturated heterocycles. The van der Waals surface area contributed by atoms with Crippen molar-refractivity contribution in [2.24, 2.45) is 0 Å². The molecule has 2 aromatic carbocycles. The number of hydrogen-bond acceptors (Lipinski definition) is 3. The van der Waals surface area contributed by atoms with Gasteiger partial charge in [-0.3, -0.25) is 19.8 Å². The first kappa shape index (κ1) is 19.4. The average Bonchev–Trinajstić information content (AvgIpc) is 2.99. The second kappa shape index (κ2) is 7.34. The first-order valence-corrected chi connectivity index (χ1v) is 8.28. The van der Waals surface area contributed by atoms with E-state index in [9.17, 15) is 27.6 Å². The fourth-order valence-corrected chi connectivity index (χ4v) is 2.85. The lowest BCUT2D eigenvalue weighted by atomic mass is 10.1.